The van der Waals surface area contributed by atoms with Gasteiger partial charge >= 0.3 is 6.18 Å². The molecule has 0 bridgehead atoms. The molecule has 0 heterocycles. The molecule has 0 unspecified atom stereocenters. The van der Waals surface area contributed by atoms with Gasteiger partial charge in [0.15, 0.2) is 6.61 Å². The van der Waals surface area contributed by atoms with Crippen molar-refractivity contribution < 1.29 is 35.8 Å². The lowest BCUT2D eigenvalue weighted by molar-refractivity contribution is -0.153. The average molecular weight is 385 g/mol. The lowest BCUT2D eigenvalue weighted by atomic mass is 10.1. The summed E-state index contributed by atoms with van der Waals surface area (Å²) in [5, 5.41) is 0. The van der Waals surface area contributed by atoms with Gasteiger partial charge in [-0.2, -0.15) is 13.2 Å². The van der Waals surface area contributed by atoms with E-state index in [0.717, 1.165) is 0 Å². The van der Waals surface area contributed by atoms with Crippen LogP contribution in [-0.4, -0.2) is 47.5 Å². The SMILES string of the molecule is COCOCCCS(=O)(=O)N[C@H](C)c1cccc(OCC(F)(F)F)c1. The summed E-state index contributed by atoms with van der Waals surface area (Å²) in [5.74, 6) is -0.112. The standard InChI is InChI=1S/C15H22F3NO5S/c1-12(19-25(20,21)8-4-7-23-11-22-2)13-5-3-6-14(9-13)24-10-15(16,17)18/h3,5-6,9,12,19H,4,7-8,10-11H2,1-2H3/t12-/m1/s1. The molecule has 0 aliphatic rings. The summed E-state index contributed by atoms with van der Waals surface area (Å²) < 4.78 is 77.4. The van der Waals surface area contributed by atoms with Gasteiger partial charge in [0.05, 0.1) is 12.4 Å². The van der Waals surface area contributed by atoms with Crippen molar-refractivity contribution >= 4 is 10.0 Å². The van der Waals surface area contributed by atoms with E-state index in [1.54, 1.807) is 13.0 Å². The number of hydrogen-bond donors (Lipinski definition) is 1. The van der Waals surface area contributed by atoms with E-state index in [-0.39, 0.29) is 24.9 Å². The molecule has 1 aromatic rings. The molecule has 10 heteroatoms. The zero-order chi connectivity index (χ0) is 18.9. The average Bonchev–Trinajstić information content (AvgIpc) is 2.52. The predicted molar refractivity (Wildman–Crippen MR) is 85.8 cm³/mol. The lowest BCUT2D eigenvalue weighted by Gasteiger charge is -2.16. The molecule has 0 spiro atoms. The minimum Gasteiger partial charge on any atom is -0.484 e. The van der Waals surface area contributed by atoms with Gasteiger partial charge in [-0.15, -0.1) is 0 Å². The van der Waals surface area contributed by atoms with Crippen molar-refractivity contribution in [3.8, 4) is 5.75 Å². The molecule has 0 saturated carbocycles. The third kappa shape index (κ3) is 9.63. The topological polar surface area (TPSA) is 73.9 Å². The predicted octanol–water partition coefficient (Wildman–Crippen LogP) is 2.62. The fourth-order valence-electron chi connectivity index (χ4n) is 1.93. The van der Waals surface area contributed by atoms with Gasteiger partial charge in [-0.05, 0) is 31.0 Å². The van der Waals surface area contributed by atoms with Crippen LogP contribution in [0.4, 0.5) is 13.2 Å². The van der Waals surface area contributed by atoms with Crippen LogP contribution in [0.2, 0.25) is 0 Å². The van der Waals surface area contributed by atoms with E-state index in [2.05, 4.69) is 14.2 Å². The number of alkyl halides is 3. The van der Waals surface area contributed by atoms with Crippen LogP contribution in [0, 0.1) is 0 Å². The summed E-state index contributed by atoms with van der Waals surface area (Å²) in [6.07, 6.45) is -4.14. The van der Waals surface area contributed by atoms with E-state index in [0.29, 0.717) is 12.0 Å². The molecular formula is C15H22F3NO5S. The highest BCUT2D eigenvalue weighted by atomic mass is 32.2. The van der Waals surface area contributed by atoms with Gasteiger partial charge in [0.2, 0.25) is 10.0 Å². The first-order chi connectivity index (χ1) is 11.6. The number of benzene rings is 1. The largest absolute Gasteiger partial charge is 0.484 e. The molecule has 1 atom stereocenters. The molecule has 25 heavy (non-hydrogen) atoms. The molecule has 6 nitrogen and oxygen atoms in total. The molecule has 1 rings (SSSR count). The second-order valence-electron chi connectivity index (χ2n) is 5.30. The first-order valence-corrected chi connectivity index (χ1v) is 9.14. The highest BCUT2D eigenvalue weighted by Crippen LogP contribution is 2.22. The first kappa shape index (κ1) is 21.7. The second kappa shape index (κ2) is 9.95. The highest BCUT2D eigenvalue weighted by Gasteiger charge is 2.28. The van der Waals surface area contributed by atoms with Crippen LogP contribution < -0.4 is 9.46 Å². The van der Waals surface area contributed by atoms with E-state index in [4.69, 9.17) is 4.74 Å². The van der Waals surface area contributed by atoms with Crippen LogP contribution in [-0.2, 0) is 19.5 Å². The molecular weight excluding hydrogens is 363 g/mol. The fraction of sp³-hybridized carbons (Fsp3) is 0.600. The Kier molecular flexibility index (Phi) is 8.63. The zero-order valence-electron chi connectivity index (χ0n) is 14.0. The number of methoxy groups -OCH3 is 1. The van der Waals surface area contributed by atoms with Gasteiger partial charge in [-0.3, -0.25) is 0 Å². The van der Waals surface area contributed by atoms with Crippen molar-refractivity contribution in [2.75, 3.05) is 32.9 Å². The van der Waals surface area contributed by atoms with E-state index < -0.39 is 28.8 Å². The van der Waals surface area contributed by atoms with Crippen molar-refractivity contribution in [2.45, 2.75) is 25.6 Å². The maximum atomic E-state index is 12.2. The summed E-state index contributed by atoms with van der Waals surface area (Å²) >= 11 is 0. The van der Waals surface area contributed by atoms with E-state index in [9.17, 15) is 21.6 Å². The van der Waals surface area contributed by atoms with Crippen LogP contribution in [0.15, 0.2) is 24.3 Å². The van der Waals surface area contributed by atoms with Gasteiger partial charge in [0.1, 0.15) is 12.5 Å². The quantitative estimate of drug-likeness (QED) is 0.468. The van der Waals surface area contributed by atoms with Gasteiger partial charge in [-0.25, -0.2) is 13.1 Å². The van der Waals surface area contributed by atoms with Gasteiger partial charge in [0, 0.05) is 13.2 Å². The number of hydrogen-bond acceptors (Lipinski definition) is 5. The fourth-order valence-corrected chi connectivity index (χ4v) is 3.22. The number of sulfonamides is 1. The molecule has 144 valence electrons. The summed E-state index contributed by atoms with van der Waals surface area (Å²) in [6, 6.07) is 5.25. The van der Waals surface area contributed by atoms with Crippen molar-refractivity contribution in [2.24, 2.45) is 0 Å². The Hall–Kier alpha value is -1.36. The smallest absolute Gasteiger partial charge is 0.422 e. The van der Waals surface area contributed by atoms with E-state index >= 15 is 0 Å². The molecule has 0 saturated heterocycles. The summed E-state index contributed by atoms with van der Waals surface area (Å²) in [7, 11) is -2.09. The monoisotopic (exact) mass is 385 g/mol. The number of nitrogens with one attached hydrogen (secondary N) is 1. The molecule has 0 aliphatic heterocycles. The number of rotatable bonds is 11. The van der Waals surface area contributed by atoms with Crippen LogP contribution in [0.5, 0.6) is 5.75 Å². The number of ether oxygens (including phenoxy) is 3. The van der Waals surface area contributed by atoms with Crippen molar-refractivity contribution in [1.82, 2.24) is 4.72 Å². The Morgan fingerprint density at radius 1 is 1.28 bits per heavy atom. The van der Waals surface area contributed by atoms with Gasteiger partial charge in [0.25, 0.3) is 0 Å². The summed E-state index contributed by atoms with van der Waals surface area (Å²) in [5.41, 5.74) is 0.499. The minimum atomic E-state index is -4.44. The Bertz CT molecular complexity index is 622. The molecule has 0 amide bonds. The lowest BCUT2D eigenvalue weighted by Crippen LogP contribution is -2.29. The molecule has 0 fully saturated rings. The second-order valence-corrected chi connectivity index (χ2v) is 7.18. The summed E-state index contributed by atoms with van der Waals surface area (Å²) in [4.78, 5) is 0. The zero-order valence-corrected chi connectivity index (χ0v) is 14.8. The molecule has 0 aromatic heterocycles. The molecule has 1 N–H and O–H groups in total. The Morgan fingerprint density at radius 3 is 2.64 bits per heavy atom. The van der Waals surface area contributed by atoms with E-state index in [1.165, 1.54) is 25.3 Å². The normalized spacial score (nSPS) is 13.6. The maximum absolute atomic E-state index is 12.2. The third-order valence-electron chi connectivity index (χ3n) is 3.02. The van der Waals surface area contributed by atoms with Crippen LogP contribution in [0.25, 0.3) is 0 Å². The Balaban J connectivity index is 2.56. The van der Waals surface area contributed by atoms with Crippen LogP contribution in [0.1, 0.15) is 24.9 Å². The molecule has 0 radical (unpaired) electrons. The minimum absolute atomic E-state index is 0.0221. The maximum Gasteiger partial charge on any atom is 0.422 e. The van der Waals surface area contributed by atoms with Gasteiger partial charge < -0.3 is 14.2 Å². The van der Waals surface area contributed by atoms with Crippen LogP contribution >= 0.6 is 0 Å². The van der Waals surface area contributed by atoms with Crippen molar-refractivity contribution in [3.63, 3.8) is 0 Å². The first-order valence-electron chi connectivity index (χ1n) is 7.49. The van der Waals surface area contributed by atoms with Crippen LogP contribution in [0.3, 0.4) is 0 Å². The third-order valence-corrected chi connectivity index (χ3v) is 4.56. The van der Waals surface area contributed by atoms with Crippen molar-refractivity contribution in [3.05, 3.63) is 29.8 Å². The Morgan fingerprint density at radius 2 is 2.00 bits per heavy atom. The molecule has 1 aromatic carbocycles. The molecule has 0 aliphatic carbocycles. The van der Waals surface area contributed by atoms with Crippen molar-refractivity contribution in [1.29, 1.82) is 0 Å². The number of halogens is 3. The highest BCUT2D eigenvalue weighted by molar-refractivity contribution is 7.89. The van der Waals surface area contributed by atoms with E-state index in [1.807, 2.05) is 0 Å². The summed E-state index contributed by atoms with van der Waals surface area (Å²) in [6.45, 7) is 0.526. The Labute approximate surface area is 145 Å². The van der Waals surface area contributed by atoms with Gasteiger partial charge in [-0.1, -0.05) is 12.1 Å².